The number of quaternary nitrogens is 1. The van der Waals surface area contributed by atoms with Crippen molar-refractivity contribution in [3.8, 4) is 0 Å². The number of unbranched alkanes of at least 4 members (excludes halogenated alkanes) is 16. The molecule has 0 aliphatic rings. The number of halogens is 26. The molecule has 0 spiro atoms. The molecule has 0 saturated carbocycles. The second-order valence-electron chi connectivity index (χ2n) is 19.0. The molecule has 0 aromatic rings. The fourth-order valence-corrected chi connectivity index (χ4v) is 7.39. The average molecular weight is 1200 g/mol. The summed E-state index contributed by atoms with van der Waals surface area (Å²) in [7, 11) is 0.833. The Hall–Kier alpha value is -1.83. The molecule has 0 fully saturated rings. The van der Waals surface area contributed by atoms with E-state index in [0.29, 0.717) is 75.2 Å². The van der Waals surface area contributed by atoms with Gasteiger partial charge in [-0.15, -0.1) is 0 Å². The number of phosphoric acid groups is 1. The van der Waals surface area contributed by atoms with E-state index in [9.17, 15) is 124 Å². The van der Waals surface area contributed by atoms with Crippen molar-refractivity contribution in [1.82, 2.24) is 0 Å². The third-order valence-electron chi connectivity index (χ3n) is 11.5. The van der Waals surface area contributed by atoms with Crippen LogP contribution in [0.3, 0.4) is 0 Å². The highest BCUT2D eigenvalue weighted by atomic mass is 31.2. The van der Waals surface area contributed by atoms with Gasteiger partial charge in [0, 0.05) is 26.1 Å². The minimum Gasteiger partial charge on any atom is -0.379 e. The van der Waals surface area contributed by atoms with Gasteiger partial charge >= 0.3 is 79.4 Å². The first kappa shape index (κ1) is 74.2. The molecule has 0 saturated heterocycles. The third-order valence-corrected chi connectivity index (χ3v) is 12.5. The highest BCUT2D eigenvalue weighted by molar-refractivity contribution is 7.47. The lowest BCUT2D eigenvalue weighted by molar-refractivity contribution is -0.870. The molecule has 7 nitrogen and oxygen atoms in total. The molecule has 0 heterocycles. The number of alkyl halides is 26. The van der Waals surface area contributed by atoms with Gasteiger partial charge in [0.15, 0.2) is 0 Å². The van der Waals surface area contributed by atoms with Gasteiger partial charge < -0.3 is 18.9 Å². The van der Waals surface area contributed by atoms with Crippen LogP contribution < -0.4 is 0 Å². The molecule has 0 rings (SSSR count). The molecule has 0 aliphatic heterocycles. The van der Waals surface area contributed by atoms with Crippen LogP contribution in [0.5, 0.6) is 0 Å². The van der Waals surface area contributed by atoms with Crippen molar-refractivity contribution in [3.63, 3.8) is 0 Å². The number of nitrogens with zero attached hydrogens (tertiary/aromatic N) is 1. The number of phosphoric ester groups is 1. The van der Waals surface area contributed by atoms with E-state index in [1.54, 1.807) is 21.1 Å². The van der Waals surface area contributed by atoms with Crippen LogP contribution in [0, 0.1) is 0 Å². The molecule has 0 aliphatic carbocycles. The molecular formula is C42H63F26NO6P+. The third kappa shape index (κ3) is 20.0. The van der Waals surface area contributed by atoms with Crippen LogP contribution in [0.25, 0.3) is 0 Å². The van der Waals surface area contributed by atoms with Gasteiger partial charge in [-0.25, -0.2) is 4.57 Å². The second-order valence-corrected chi connectivity index (χ2v) is 20.5. The summed E-state index contributed by atoms with van der Waals surface area (Å²) in [5.74, 6) is -73.9. The summed E-state index contributed by atoms with van der Waals surface area (Å²) in [4.78, 5) is 10.1. The molecule has 0 radical (unpaired) electrons. The smallest absolute Gasteiger partial charge is 0.379 e. The van der Waals surface area contributed by atoms with Gasteiger partial charge in [-0.2, -0.15) is 114 Å². The molecule has 0 aromatic heterocycles. The van der Waals surface area contributed by atoms with Crippen molar-refractivity contribution in [2.75, 3.05) is 60.7 Å². The van der Waals surface area contributed by atoms with Gasteiger partial charge in [-0.05, 0) is 25.7 Å². The maximum atomic E-state index is 14.0. The number of hydrogen-bond acceptors (Lipinski definition) is 5. The maximum absolute atomic E-state index is 14.0. The lowest BCUT2D eigenvalue weighted by Crippen LogP contribution is -2.70. The molecule has 34 heteroatoms. The van der Waals surface area contributed by atoms with E-state index in [1.165, 1.54) is 0 Å². The zero-order valence-corrected chi connectivity index (χ0v) is 42.1. The van der Waals surface area contributed by atoms with Crippen LogP contribution in [0.4, 0.5) is 114 Å². The summed E-state index contributed by atoms with van der Waals surface area (Å²) in [5, 5.41) is 0. The van der Waals surface area contributed by atoms with E-state index in [4.69, 9.17) is 18.5 Å². The average Bonchev–Trinajstić information content (AvgIpc) is 3.25. The van der Waals surface area contributed by atoms with Gasteiger partial charge in [-0.3, -0.25) is 9.05 Å². The Morgan fingerprint density at radius 2 is 0.658 bits per heavy atom. The van der Waals surface area contributed by atoms with E-state index in [0.717, 1.165) is 0 Å². The Morgan fingerprint density at radius 3 is 0.974 bits per heavy atom. The summed E-state index contributed by atoms with van der Waals surface area (Å²) in [6.45, 7) is -0.204. The van der Waals surface area contributed by atoms with Gasteiger partial charge in [0.25, 0.3) is 0 Å². The van der Waals surface area contributed by atoms with Crippen LogP contribution in [-0.4, -0.2) is 148 Å². The Kier molecular flexibility index (Phi) is 28.0. The van der Waals surface area contributed by atoms with Crippen molar-refractivity contribution in [1.29, 1.82) is 0 Å². The predicted octanol–water partition coefficient (Wildman–Crippen LogP) is 16.5. The fourth-order valence-electron chi connectivity index (χ4n) is 6.65. The molecule has 1 N–H and O–H groups in total. The first-order valence-corrected chi connectivity index (χ1v) is 25.0. The van der Waals surface area contributed by atoms with E-state index in [2.05, 4.69) is 0 Å². The highest BCUT2D eigenvalue weighted by Crippen LogP contribution is 2.62. The largest absolute Gasteiger partial charge is 0.472 e. The summed E-state index contributed by atoms with van der Waals surface area (Å²) < 4.78 is 379. The van der Waals surface area contributed by atoms with Gasteiger partial charge in [0.2, 0.25) is 0 Å². The van der Waals surface area contributed by atoms with E-state index in [1.807, 2.05) is 0 Å². The topological polar surface area (TPSA) is 74.2 Å². The van der Waals surface area contributed by atoms with Crippen molar-refractivity contribution in [2.24, 2.45) is 0 Å². The SMILES string of the molecule is C[N+](C)(C)CCOP(=O)(O)OCC(COCCCCCCCCCCCC(F)(F)C(F)(F)C(F)(F)C(F)(F)C(F)(F)C(F)(F)F)OCCCCCCCCCCCC(F)(F)C(F)(F)C(F)(F)C(F)(F)C(F)(F)C(F)(F)F. The fraction of sp³-hybridized carbons (Fsp3) is 1.00. The highest BCUT2D eigenvalue weighted by Gasteiger charge is 2.92. The Balaban J connectivity index is 4.81. The summed E-state index contributed by atoms with van der Waals surface area (Å²) in [5.41, 5.74) is 0. The maximum Gasteiger partial charge on any atom is 0.472 e. The zero-order chi connectivity index (χ0) is 59.8. The minimum absolute atomic E-state index is 0.0284. The predicted molar refractivity (Wildman–Crippen MR) is 219 cm³/mol. The quantitative estimate of drug-likeness (QED) is 0.0284. The van der Waals surface area contributed by atoms with Gasteiger partial charge in [0.1, 0.15) is 19.3 Å². The molecule has 76 heavy (non-hydrogen) atoms. The van der Waals surface area contributed by atoms with Crippen LogP contribution >= 0.6 is 7.82 Å². The molecule has 0 bridgehead atoms. The van der Waals surface area contributed by atoms with Gasteiger partial charge in [0.05, 0.1) is 34.4 Å². The van der Waals surface area contributed by atoms with Gasteiger partial charge in [-0.1, -0.05) is 89.9 Å². The Bertz CT molecular complexity index is 1710. The molecule has 2 atom stereocenters. The molecular weight excluding hydrogens is 1140 g/mol. The second kappa shape index (κ2) is 28.7. The van der Waals surface area contributed by atoms with Crippen molar-refractivity contribution >= 4 is 7.82 Å². The first-order chi connectivity index (χ1) is 34.0. The summed E-state index contributed by atoms with van der Waals surface area (Å²) in [6.07, 6.45) is -17.5. The van der Waals surface area contributed by atoms with E-state index in [-0.39, 0.29) is 65.0 Å². The van der Waals surface area contributed by atoms with E-state index < -0.39 is 118 Å². The normalized spacial score (nSPS) is 16.1. The summed E-state index contributed by atoms with van der Waals surface area (Å²) >= 11 is 0. The monoisotopic (exact) mass is 1200 g/mol. The number of likely N-dealkylation sites (N-methyl/N-ethyl adjacent to an activating group) is 1. The van der Waals surface area contributed by atoms with Crippen LogP contribution in [0.1, 0.15) is 128 Å². The Labute approximate surface area is 421 Å². The van der Waals surface area contributed by atoms with Crippen LogP contribution in [-0.2, 0) is 23.1 Å². The Morgan fingerprint density at radius 1 is 0.368 bits per heavy atom. The van der Waals surface area contributed by atoms with Crippen LogP contribution in [0.15, 0.2) is 0 Å². The summed E-state index contributed by atoms with van der Waals surface area (Å²) in [6, 6.07) is 0. The van der Waals surface area contributed by atoms with Crippen molar-refractivity contribution in [2.45, 2.75) is 206 Å². The number of rotatable bonds is 42. The van der Waals surface area contributed by atoms with Crippen LogP contribution in [0.2, 0.25) is 0 Å². The molecule has 458 valence electrons. The molecule has 0 aromatic carbocycles. The lowest BCUT2D eigenvalue weighted by atomic mass is 9.91. The number of hydrogen-bond donors (Lipinski definition) is 1. The lowest BCUT2D eigenvalue weighted by Gasteiger charge is -2.39. The number of ether oxygens (including phenoxy) is 2. The zero-order valence-electron chi connectivity index (χ0n) is 41.2. The molecule has 2 unspecified atom stereocenters. The molecule has 0 amide bonds. The standard InChI is InChI=1S/C42H62F26NO6P/c1-69(2,3)24-27-74-76(70,71)75-29-30(73-26-21-17-13-9-5-7-11-15-19-23-32(45,46)34(49,50)36(53,54)38(57,58)40(61,62)42(66,67)68)28-72-25-20-16-12-8-4-6-10-14-18-22-31(43,44)33(47,48)35(51,52)37(55,56)39(59,60)41(63,64)65/h30H,4-29H2,1-3H3/p+1. The van der Waals surface area contributed by atoms with E-state index >= 15 is 0 Å². The minimum atomic E-state index is -7.95. The van der Waals surface area contributed by atoms with Crippen molar-refractivity contribution in [3.05, 3.63) is 0 Å². The first-order valence-electron chi connectivity index (χ1n) is 23.5. The van der Waals surface area contributed by atoms with Crippen molar-refractivity contribution < 1.29 is 147 Å².